The predicted octanol–water partition coefficient (Wildman–Crippen LogP) is 5.64. The molecule has 0 amide bonds. The molecular weight excluding hydrogens is 631 g/mol. The number of alkyl halides is 3. The third kappa shape index (κ3) is 6.20. The lowest BCUT2D eigenvalue weighted by Crippen LogP contribution is -2.34. The molecule has 0 radical (unpaired) electrons. The number of halogens is 3. The number of fused-ring (bicyclic) bond motifs is 4. The number of carboxylic acid groups (broad SMARTS) is 1. The van der Waals surface area contributed by atoms with E-state index in [1.807, 2.05) is 24.3 Å². The molecule has 0 unspecified atom stereocenters. The lowest BCUT2D eigenvalue weighted by molar-refractivity contribution is -0.189. The number of carbonyl (C=O) groups is 2. The fraction of sp³-hybridized carbons (Fsp3) is 0.286. The first kappa shape index (κ1) is 31.3. The molecule has 2 aliphatic heterocycles. The number of hydrogen-bond donors (Lipinski definition) is 2. The van der Waals surface area contributed by atoms with Crippen molar-refractivity contribution in [2.24, 2.45) is 11.8 Å². The Hall–Kier alpha value is -5.30. The van der Waals surface area contributed by atoms with E-state index in [1.54, 1.807) is 6.07 Å². The summed E-state index contributed by atoms with van der Waals surface area (Å²) in [6.45, 7) is 3.29. The highest BCUT2D eigenvalue weighted by atomic mass is 19.4. The monoisotopic (exact) mass is 661 g/mol. The predicted molar refractivity (Wildman–Crippen MR) is 167 cm³/mol. The van der Waals surface area contributed by atoms with Gasteiger partial charge in [-0.15, -0.1) is 0 Å². The Labute approximate surface area is 272 Å². The molecule has 0 spiro atoms. The normalized spacial score (nSPS) is 19.4. The van der Waals surface area contributed by atoms with Gasteiger partial charge in [0.2, 0.25) is 5.75 Å². The second kappa shape index (κ2) is 12.4. The summed E-state index contributed by atoms with van der Waals surface area (Å²) < 4.78 is 54.3. The van der Waals surface area contributed by atoms with E-state index in [-0.39, 0.29) is 24.3 Å². The summed E-state index contributed by atoms with van der Waals surface area (Å²) >= 11 is 0. The number of anilines is 1. The van der Waals surface area contributed by atoms with Crippen LogP contribution in [0.4, 0.5) is 23.7 Å². The topological polar surface area (TPSA) is 121 Å². The maximum Gasteiger partial charge on any atom is 0.511 e. The van der Waals surface area contributed by atoms with Gasteiger partial charge in [-0.2, -0.15) is 13.2 Å². The molecule has 7 rings (SSSR count). The first-order valence-corrected chi connectivity index (χ1v) is 15.4. The number of nitrogens with zero attached hydrogens (tertiary/aromatic N) is 2. The third-order valence-electron chi connectivity index (χ3n) is 9.08. The van der Waals surface area contributed by atoms with Gasteiger partial charge in [0.15, 0.2) is 5.75 Å². The van der Waals surface area contributed by atoms with Crippen LogP contribution >= 0.6 is 0 Å². The Bertz CT molecular complexity index is 1860. The summed E-state index contributed by atoms with van der Waals surface area (Å²) in [5.74, 6) is -3.31. The molecule has 48 heavy (non-hydrogen) atoms. The minimum atomic E-state index is -5.40. The molecule has 10 nitrogen and oxygen atoms in total. The fourth-order valence-corrected chi connectivity index (χ4v) is 6.95. The van der Waals surface area contributed by atoms with Crippen LogP contribution in [0.1, 0.15) is 16.7 Å². The van der Waals surface area contributed by atoms with Crippen molar-refractivity contribution >= 4 is 17.8 Å². The average molecular weight is 662 g/mol. The lowest BCUT2D eigenvalue weighted by atomic mass is 10.0. The molecular formula is C35H30F3N3O7. The SMILES string of the molecule is O=C(O)Oc1c(OC(=O)C(F)(F)F)c2c([nH]c1=O)-c1ccc(N3C[C@@H]4[C@H](C3)[C@H]4N(Cc3ccccc3)Cc3ccccc3)cc1OCC2. The summed E-state index contributed by atoms with van der Waals surface area (Å²) in [5, 5.41) is 9.09. The first-order valence-electron chi connectivity index (χ1n) is 15.4. The highest BCUT2D eigenvalue weighted by Crippen LogP contribution is 2.51. The van der Waals surface area contributed by atoms with Crippen LogP contribution in [-0.4, -0.2) is 59.0 Å². The highest BCUT2D eigenvalue weighted by molar-refractivity contribution is 5.82. The van der Waals surface area contributed by atoms with Gasteiger partial charge >= 0.3 is 18.3 Å². The number of esters is 1. The molecule has 3 aliphatic rings. The standard InChI is InChI=1S/C35H30F3N3O7/c36-35(37,38)33(43)47-30-24-13-14-46-27-15-22(11-12-23(27)28(24)39-32(42)31(30)48-34(44)45)40-18-25-26(19-40)29(25)41(16-20-7-3-1-4-8-20)17-21-9-5-2-6-10-21/h1-12,15,25-26,29H,13-14,16-19H2,(H,39,42)(H,44,45)/t25-,26+,29+. The largest absolute Gasteiger partial charge is 0.511 e. The molecule has 1 saturated heterocycles. The van der Waals surface area contributed by atoms with Gasteiger partial charge in [0, 0.05) is 61.5 Å². The maximum absolute atomic E-state index is 13.1. The number of H-pyrrole nitrogens is 1. The maximum atomic E-state index is 13.1. The van der Waals surface area contributed by atoms with Crippen LogP contribution in [-0.2, 0) is 24.3 Å². The van der Waals surface area contributed by atoms with Crippen molar-refractivity contribution in [1.82, 2.24) is 9.88 Å². The number of carbonyl (C=O) groups excluding carboxylic acids is 1. The minimum absolute atomic E-state index is 0.0450. The van der Waals surface area contributed by atoms with Crippen LogP contribution in [0.15, 0.2) is 83.7 Å². The quantitative estimate of drug-likeness (QED) is 0.231. The number of piperidine rings is 1. The summed E-state index contributed by atoms with van der Waals surface area (Å²) in [6.07, 6.45) is -7.48. The van der Waals surface area contributed by atoms with E-state index < -0.39 is 35.4 Å². The summed E-state index contributed by atoms with van der Waals surface area (Å²) in [5.41, 5.74) is 2.55. The Balaban J connectivity index is 1.13. The molecule has 1 saturated carbocycles. The van der Waals surface area contributed by atoms with Crippen LogP contribution < -0.4 is 24.7 Å². The van der Waals surface area contributed by atoms with Gasteiger partial charge in [-0.05, 0) is 35.1 Å². The minimum Gasteiger partial charge on any atom is -0.492 e. The van der Waals surface area contributed by atoms with E-state index in [9.17, 15) is 27.6 Å². The molecule has 2 fully saturated rings. The smallest absolute Gasteiger partial charge is 0.492 e. The van der Waals surface area contributed by atoms with Gasteiger partial charge in [0.05, 0.1) is 12.3 Å². The summed E-state index contributed by atoms with van der Waals surface area (Å²) in [7, 11) is 0. The molecule has 13 heteroatoms. The molecule has 3 aromatic carbocycles. The van der Waals surface area contributed by atoms with E-state index in [0.717, 1.165) is 31.9 Å². The zero-order valence-electron chi connectivity index (χ0n) is 25.4. The highest BCUT2D eigenvalue weighted by Gasteiger charge is 2.58. The number of ether oxygens (including phenoxy) is 3. The molecule has 1 aliphatic carbocycles. The molecule has 248 valence electrons. The number of benzene rings is 3. The van der Waals surface area contributed by atoms with Gasteiger partial charge in [-0.25, -0.2) is 9.59 Å². The van der Waals surface area contributed by atoms with Gasteiger partial charge in [0.25, 0.3) is 5.56 Å². The summed E-state index contributed by atoms with van der Waals surface area (Å²) in [4.78, 5) is 43.2. The second-order valence-electron chi connectivity index (χ2n) is 12.1. The van der Waals surface area contributed by atoms with Crippen LogP contribution in [0.5, 0.6) is 17.2 Å². The van der Waals surface area contributed by atoms with E-state index in [2.05, 4.69) is 72.8 Å². The molecule has 3 atom stereocenters. The van der Waals surface area contributed by atoms with Crippen molar-refractivity contribution in [2.75, 3.05) is 24.6 Å². The Morgan fingerprint density at radius 3 is 2.12 bits per heavy atom. The zero-order valence-corrected chi connectivity index (χ0v) is 25.4. The number of rotatable bonds is 8. The number of nitrogens with one attached hydrogen (secondary N) is 1. The average Bonchev–Trinajstić information content (AvgIpc) is 3.62. The van der Waals surface area contributed by atoms with E-state index in [4.69, 9.17) is 9.84 Å². The number of hydrogen-bond acceptors (Lipinski definition) is 8. The van der Waals surface area contributed by atoms with Gasteiger partial charge in [0.1, 0.15) is 5.75 Å². The Kier molecular flexibility index (Phi) is 8.07. The van der Waals surface area contributed by atoms with Crippen molar-refractivity contribution in [3.05, 3.63) is 106 Å². The zero-order chi connectivity index (χ0) is 33.6. The third-order valence-corrected chi connectivity index (χ3v) is 9.08. The van der Waals surface area contributed by atoms with Gasteiger partial charge < -0.3 is 29.2 Å². The second-order valence-corrected chi connectivity index (χ2v) is 12.1. The number of pyridine rings is 1. The molecule has 0 bridgehead atoms. The van der Waals surface area contributed by atoms with Crippen LogP contribution in [0.25, 0.3) is 11.3 Å². The van der Waals surface area contributed by atoms with E-state index in [1.165, 1.54) is 11.1 Å². The molecule has 3 heterocycles. The first-order chi connectivity index (χ1) is 23.1. The lowest BCUT2D eigenvalue weighted by Gasteiger charge is -2.29. The van der Waals surface area contributed by atoms with Crippen LogP contribution in [0.2, 0.25) is 0 Å². The van der Waals surface area contributed by atoms with Gasteiger partial charge in [-0.1, -0.05) is 60.7 Å². The Morgan fingerprint density at radius 1 is 0.917 bits per heavy atom. The number of aromatic amines is 1. The van der Waals surface area contributed by atoms with Crippen LogP contribution in [0, 0.1) is 11.8 Å². The van der Waals surface area contributed by atoms with Crippen LogP contribution in [0.3, 0.4) is 0 Å². The van der Waals surface area contributed by atoms with Crippen molar-refractivity contribution < 1.29 is 42.1 Å². The van der Waals surface area contributed by atoms with Crippen molar-refractivity contribution in [3.63, 3.8) is 0 Å². The van der Waals surface area contributed by atoms with E-state index in [0.29, 0.717) is 29.2 Å². The Morgan fingerprint density at radius 2 is 1.54 bits per heavy atom. The van der Waals surface area contributed by atoms with E-state index >= 15 is 0 Å². The molecule has 4 aromatic rings. The van der Waals surface area contributed by atoms with Gasteiger partial charge in [-0.3, -0.25) is 9.69 Å². The summed E-state index contributed by atoms with van der Waals surface area (Å²) in [6, 6.07) is 26.6. The van der Waals surface area contributed by atoms with Crippen molar-refractivity contribution in [1.29, 1.82) is 0 Å². The molecule has 2 N–H and O–H groups in total. The van der Waals surface area contributed by atoms with Crippen molar-refractivity contribution in [3.8, 4) is 28.5 Å². The molecule has 1 aromatic heterocycles. The number of aromatic nitrogens is 1. The van der Waals surface area contributed by atoms with Crippen molar-refractivity contribution in [2.45, 2.75) is 31.7 Å². The fourth-order valence-electron chi connectivity index (χ4n) is 6.95.